The lowest BCUT2D eigenvalue weighted by atomic mass is 10.4. The Labute approximate surface area is 91.7 Å². The highest BCUT2D eigenvalue weighted by molar-refractivity contribution is 7.81. The van der Waals surface area contributed by atoms with Crippen LogP contribution in [0.15, 0.2) is 12.1 Å². The minimum atomic E-state index is 0.0293. The van der Waals surface area contributed by atoms with Crippen molar-refractivity contribution < 1.29 is 4.79 Å². The third kappa shape index (κ3) is 1.83. The van der Waals surface area contributed by atoms with E-state index in [2.05, 4.69) is 22.8 Å². The van der Waals surface area contributed by atoms with E-state index < -0.39 is 0 Å². The normalized spacial score (nSPS) is 21.7. The molecule has 0 saturated carbocycles. The van der Waals surface area contributed by atoms with Crippen LogP contribution in [0.1, 0.15) is 6.42 Å². The quantitative estimate of drug-likeness (QED) is 0.736. The summed E-state index contributed by atoms with van der Waals surface area (Å²) in [6.45, 7) is 0.582. The van der Waals surface area contributed by atoms with E-state index in [0.717, 1.165) is 0 Å². The van der Waals surface area contributed by atoms with Gasteiger partial charge in [-0.15, -0.1) is 10.2 Å². The molecule has 1 aromatic heterocycles. The van der Waals surface area contributed by atoms with E-state index in [4.69, 9.17) is 11.6 Å². The summed E-state index contributed by atoms with van der Waals surface area (Å²) in [6, 6.07) is 3.29. The van der Waals surface area contributed by atoms with Crippen LogP contribution < -0.4 is 4.90 Å². The Hall–Kier alpha value is -0.810. The minimum absolute atomic E-state index is 0.0293. The molecule has 14 heavy (non-hydrogen) atoms. The van der Waals surface area contributed by atoms with Crippen molar-refractivity contribution in [3.8, 4) is 0 Å². The predicted molar refractivity (Wildman–Crippen MR) is 56.8 cm³/mol. The lowest BCUT2D eigenvalue weighted by Gasteiger charge is -2.13. The standard InChI is InChI=1S/C8H8ClN3OS/c9-6-1-2-7(11-10-6)12-4-5(14)3-8(12)13/h1-2,5,14H,3-4H2. The van der Waals surface area contributed by atoms with Crippen LogP contribution in [0.25, 0.3) is 0 Å². The topological polar surface area (TPSA) is 46.1 Å². The molecule has 1 fully saturated rings. The maximum atomic E-state index is 11.4. The number of anilines is 1. The molecule has 0 aromatic carbocycles. The largest absolute Gasteiger partial charge is 0.294 e. The molecule has 0 radical (unpaired) electrons. The van der Waals surface area contributed by atoms with Gasteiger partial charge in [-0.2, -0.15) is 12.6 Å². The van der Waals surface area contributed by atoms with Crippen LogP contribution in [0.3, 0.4) is 0 Å². The third-order valence-electron chi connectivity index (χ3n) is 2.00. The molecule has 1 aliphatic heterocycles. The number of hydrogen-bond donors (Lipinski definition) is 1. The van der Waals surface area contributed by atoms with E-state index in [9.17, 15) is 4.79 Å². The molecule has 1 aromatic rings. The van der Waals surface area contributed by atoms with Crippen LogP contribution in [-0.4, -0.2) is 27.9 Å². The molecule has 1 aliphatic rings. The summed E-state index contributed by atoms with van der Waals surface area (Å²) >= 11 is 9.84. The number of nitrogens with zero attached hydrogens (tertiary/aromatic N) is 3. The molecule has 0 aliphatic carbocycles. The number of aromatic nitrogens is 2. The Bertz CT molecular complexity index is 356. The maximum Gasteiger partial charge on any atom is 0.229 e. The van der Waals surface area contributed by atoms with E-state index in [1.165, 1.54) is 0 Å². The smallest absolute Gasteiger partial charge is 0.229 e. The summed E-state index contributed by atoms with van der Waals surface area (Å²) in [4.78, 5) is 13.0. The average molecular weight is 230 g/mol. The molecular weight excluding hydrogens is 222 g/mol. The van der Waals surface area contributed by atoms with E-state index in [-0.39, 0.29) is 11.2 Å². The van der Waals surface area contributed by atoms with Gasteiger partial charge in [-0.3, -0.25) is 9.69 Å². The minimum Gasteiger partial charge on any atom is -0.294 e. The highest BCUT2D eigenvalue weighted by atomic mass is 35.5. The van der Waals surface area contributed by atoms with Gasteiger partial charge in [0.05, 0.1) is 0 Å². The zero-order chi connectivity index (χ0) is 10.1. The maximum absolute atomic E-state index is 11.4. The van der Waals surface area contributed by atoms with Gasteiger partial charge >= 0.3 is 0 Å². The second kappa shape index (κ2) is 3.74. The summed E-state index contributed by atoms with van der Waals surface area (Å²) in [7, 11) is 0. The second-order valence-corrected chi connectivity index (χ2v) is 4.19. The molecule has 0 spiro atoms. The van der Waals surface area contributed by atoms with Gasteiger partial charge in [-0.25, -0.2) is 0 Å². The molecule has 1 amide bonds. The first-order valence-electron chi connectivity index (χ1n) is 4.14. The molecular formula is C8H8ClN3OS. The Morgan fingerprint density at radius 2 is 2.29 bits per heavy atom. The van der Waals surface area contributed by atoms with Crippen LogP contribution >= 0.6 is 24.2 Å². The predicted octanol–water partition coefficient (Wildman–Crippen LogP) is 1.17. The highest BCUT2D eigenvalue weighted by Crippen LogP contribution is 2.21. The second-order valence-electron chi connectivity index (χ2n) is 3.08. The summed E-state index contributed by atoms with van der Waals surface area (Å²) in [5, 5.41) is 7.92. The Kier molecular flexibility index (Phi) is 2.60. The first-order chi connectivity index (χ1) is 6.66. The van der Waals surface area contributed by atoms with Crippen molar-refractivity contribution in [3.63, 3.8) is 0 Å². The molecule has 0 N–H and O–H groups in total. The van der Waals surface area contributed by atoms with E-state index in [1.54, 1.807) is 17.0 Å². The van der Waals surface area contributed by atoms with Crippen molar-refractivity contribution in [1.82, 2.24) is 10.2 Å². The molecule has 1 saturated heterocycles. The number of carbonyl (C=O) groups excluding carboxylic acids is 1. The van der Waals surface area contributed by atoms with Crippen LogP contribution in [0, 0.1) is 0 Å². The lowest BCUT2D eigenvalue weighted by molar-refractivity contribution is -0.117. The Morgan fingerprint density at radius 1 is 1.50 bits per heavy atom. The monoisotopic (exact) mass is 229 g/mol. The van der Waals surface area contributed by atoms with Gasteiger partial charge in [0.1, 0.15) is 0 Å². The van der Waals surface area contributed by atoms with Crippen molar-refractivity contribution >= 4 is 36.0 Å². The molecule has 6 heteroatoms. The van der Waals surface area contributed by atoms with Crippen molar-refractivity contribution in [2.45, 2.75) is 11.7 Å². The molecule has 2 rings (SSSR count). The summed E-state index contributed by atoms with van der Waals surface area (Å²) < 4.78 is 0. The van der Waals surface area contributed by atoms with Crippen molar-refractivity contribution in [2.75, 3.05) is 11.4 Å². The number of thiol groups is 1. The molecule has 1 unspecified atom stereocenters. The van der Waals surface area contributed by atoms with Gasteiger partial charge in [-0.1, -0.05) is 11.6 Å². The van der Waals surface area contributed by atoms with Crippen LogP contribution in [0.5, 0.6) is 0 Å². The van der Waals surface area contributed by atoms with Gasteiger partial charge < -0.3 is 0 Å². The molecule has 2 heterocycles. The molecule has 4 nitrogen and oxygen atoms in total. The zero-order valence-corrected chi connectivity index (χ0v) is 8.87. The fraction of sp³-hybridized carbons (Fsp3) is 0.375. The molecule has 74 valence electrons. The van der Waals surface area contributed by atoms with E-state index in [1.807, 2.05) is 0 Å². The van der Waals surface area contributed by atoms with E-state index >= 15 is 0 Å². The number of rotatable bonds is 1. The number of amides is 1. The third-order valence-corrected chi connectivity index (χ3v) is 2.55. The SMILES string of the molecule is O=C1CC(S)CN1c1ccc(Cl)nn1. The van der Waals surface area contributed by atoms with Gasteiger partial charge in [0.25, 0.3) is 0 Å². The van der Waals surface area contributed by atoms with Gasteiger partial charge in [0.2, 0.25) is 5.91 Å². The van der Waals surface area contributed by atoms with Crippen molar-refractivity contribution in [2.24, 2.45) is 0 Å². The van der Waals surface area contributed by atoms with Gasteiger partial charge in [0, 0.05) is 18.2 Å². The first-order valence-corrected chi connectivity index (χ1v) is 5.04. The lowest BCUT2D eigenvalue weighted by Crippen LogP contribution is -2.25. The highest BCUT2D eigenvalue weighted by Gasteiger charge is 2.29. The summed E-state index contributed by atoms with van der Waals surface area (Å²) in [5.74, 6) is 0.567. The van der Waals surface area contributed by atoms with Crippen LogP contribution in [-0.2, 0) is 4.79 Å². The fourth-order valence-corrected chi connectivity index (χ4v) is 1.78. The fourth-order valence-electron chi connectivity index (χ4n) is 1.36. The molecule has 1 atom stereocenters. The Balaban J connectivity index is 2.23. The van der Waals surface area contributed by atoms with Gasteiger partial charge in [0.15, 0.2) is 11.0 Å². The molecule has 0 bridgehead atoms. The summed E-state index contributed by atoms with van der Waals surface area (Å²) in [6.07, 6.45) is 0.452. The zero-order valence-electron chi connectivity index (χ0n) is 7.22. The number of halogens is 1. The van der Waals surface area contributed by atoms with Crippen molar-refractivity contribution in [1.29, 1.82) is 0 Å². The van der Waals surface area contributed by atoms with Crippen LogP contribution in [0.4, 0.5) is 5.82 Å². The number of hydrogen-bond acceptors (Lipinski definition) is 4. The van der Waals surface area contributed by atoms with Gasteiger partial charge in [-0.05, 0) is 12.1 Å². The number of carbonyl (C=O) groups is 1. The van der Waals surface area contributed by atoms with Crippen LogP contribution in [0.2, 0.25) is 5.15 Å². The summed E-state index contributed by atoms with van der Waals surface area (Å²) in [5.41, 5.74) is 0. The van der Waals surface area contributed by atoms with Crippen molar-refractivity contribution in [3.05, 3.63) is 17.3 Å². The van der Waals surface area contributed by atoms with E-state index in [0.29, 0.717) is 23.9 Å². The first kappa shape index (κ1) is 9.73. The average Bonchev–Trinajstić information content (AvgIpc) is 2.47. The Morgan fingerprint density at radius 3 is 2.79 bits per heavy atom.